The van der Waals surface area contributed by atoms with Gasteiger partial charge in [-0.2, -0.15) is 0 Å². The van der Waals surface area contributed by atoms with Crippen molar-refractivity contribution < 1.29 is 9.84 Å². The summed E-state index contributed by atoms with van der Waals surface area (Å²) in [4.78, 5) is 6.91. The molecule has 2 rings (SSSR count). The highest BCUT2D eigenvalue weighted by molar-refractivity contribution is 5.42. The minimum absolute atomic E-state index is 0.0651. The summed E-state index contributed by atoms with van der Waals surface area (Å²) < 4.78 is 5.54. The molecule has 1 N–H and O–H groups in total. The Morgan fingerprint density at radius 1 is 1.45 bits per heavy atom. The number of aromatic nitrogens is 1. The second-order valence-corrected chi connectivity index (χ2v) is 6.03. The normalized spacial score (nSPS) is 19.4. The topological polar surface area (TPSA) is 45.6 Å². The van der Waals surface area contributed by atoms with E-state index in [1.54, 1.807) is 0 Å². The first-order chi connectivity index (χ1) is 9.60. The molecule has 2 heterocycles. The number of aliphatic hydroxyl groups is 1. The number of anilines is 1. The van der Waals surface area contributed by atoms with Crippen LogP contribution >= 0.6 is 0 Å². The van der Waals surface area contributed by atoms with E-state index >= 15 is 0 Å². The third kappa shape index (κ3) is 3.93. The van der Waals surface area contributed by atoms with Gasteiger partial charge in [-0.05, 0) is 42.4 Å². The highest BCUT2D eigenvalue weighted by Crippen LogP contribution is 2.22. The van der Waals surface area contributed by atoms with Crippen LogP contribution in [0.4, 0.5) is 5.82 Å². The predicted molar refractivity (Wildman–Crippen MR) is 81.1 cm³/mol. The van der Waals surface area contributed by atoms with Gasteiger partial charge in [-0.15, -0.1) is 0 Å². The van der Waals surface area contributed by atoms with E-state index in [9.17, 15) is 5.11 Å². The Hall–Kier alpha value is -1.13. The Kier molecular flexibility index (Phi) is 5.38. The fourth-order valence-electron chi connectivity index (χ4n) is 2.61. The third-order valence-electron chi connectivity index (χ3n) is 3.84. The molecule has 1 aliphatic rings. The van der Waals surface area contributed by atoms with Crippen LogP contribution in [0.25, 0.3) is 0 Å². The van der Waals surface area contributed by atoms with E-state index in [1.165, 1.54) is 6.42 Å². The highest BCUT2D eigenvalue weighted by atomic mass is 16.5. The molecule has 1 saturated heterocycles. The molecule has 0 saturated carbocycles. The first-order valence-electron chi connectivity index (χ1n) is 7.50. The van der Waals surface area contributed by atoms with Crippen molar-refractivity contribution in [1.82, 2.24) is 4.98 Å². The summed E-state index contributed by atoms with van der Waals surface area (Å²) in [5.41, 5.74) is 1.98. The molecule has 0 amide bonds. The lowest BCUT2D eigenvalue weighted by Gasteiger charge is -2.28. The average Bonchev–Trinajstić information content (AvgIpc) is 2.47. The number of ether oxygens (including phenoxy) is 1. The standard InChI is InChI=1S/C16H26N2O2/c1-12(2)15-7-14(10-19)8-16(17-15)18(3)9-13-5-4-6-20-11-13/h7-8,12-13,19H,4-6,9-11H2,1-3H3. The van der Waals surface area contributed by atoms with E-state index in [-0.39, 0.29) is 6.61 Å². The van der Waals surface area contributed by atoms with Crippen LogP contribution in [0.5, 0.6) is 0 Å². The SMILES string of the molecule is CC(C)c1cc(CO)cc(N(C)CC2CCCOC2)n1. The van der Waals surface area contributed by atoms with Crippen molar-refractivity contribution in [3.8, 4) is 0 Å². The number of nitrogens with zero attached hydrogens (tertiary/aromatic N) is 2. The maximum atomic E-state index is 9.41. The summed E-state index contributed by atoms with van der Waals surface area (Å²) in [6.45, 7) is 7.02. The third-order valence-corrected chi connectivity index (χ3v) is 3.84. The minimum atomic E-state index is 0.0651. The van der Waals surface area contributed by atoms with E-state index in [2.05, 4.69) is 25.8 Å². The Balaban J connectivity index is 2.11. The summed E-state index contributed by atoms with van der Waals surface area (Å²) >= 11 is 0. The van der Waals surface area contributed by atoms with Gasteiger partial charge in [0.05, 0.1) is 13.2 Å². The Morgan fingerprint density at radius 3 is 2.85 bits per heavy atom. The number of hydrogen-bond donors (Lipinski definition) is 1. The van der Waals surface area contributed by atoms with Gasteiger partial charge in [-0.3, -0.25) is 0 Å². The Morgan fingerprint density at radius 2 is 2.25 bits per heavy atom. The summed E-state index contributed by atoms with van der Waals surface area (Å²) in [5.74, 6) is 1.90. The number of pyridine rings is 1. The van der Waals surface area contributed by atoms with Crippen molar-refractivity contribution in [2.24, 2.45) is 5.92 Å². The van der Waals surface area contributed by atoms with Crippen LogP contribution in [0.15, 0.2) is 12.1 Å². The van der Waals surface area contributed by atoms with Crippen LogP contribution in [0.3, 0.4) is 0 Å². The number of rotatable bonds is 5. The zero-order valence-electron chi connectivity index (χ0n) is 12.8. The van der Waals surface area contributed by atoms with Crippen molar-refractivity contribution in [2.45, 2.75) is 39.2 Å². The molecule has 0 radical (unpaired) electrons. The highest BCUT2D eigenvalue weighted by Gasteiger charge is 2.17. The van der Waals surface area contributed by atoms with Gasteiger partial charge in [0.1, 0.15) is 5.82 Å². The van der Waals surface area contributed by atoms with Gasteiger partial charge in [0.2, 0.25) is 0 Å². The van der Waals surface area contributed by atoms with Crippen molar-refractivity contribution >= 4 is 5.82 Å². The van der Waals surface area contributed by atoms with Crippen molar-refractivity contribution in [3.63, 3.8) is 0 Å². The molecule has 1 atom stereocenters. The van der Waals surface area contributed by atoms with Gasteiger partial charge in [-0.25, -0.2) is 4.98 Å². The fraction of sp³-hybridized carbons (Fsp3) is 0.688. The van der Waals surface area contributed by atoms with Crippen LogP contribution in [0, 0.1) is 5.92 Å². The summed E-state index contributed by atoms with van der Waals surface area (Å²) in [7, 11) is 2.07. The van der Waals surface area contributed by atoms with E-state index in [1.807, 2.05) is 12.1 Å². The molecule has 4 nitrogen and oxygen atoms in total. The number of aliphatic hydroxyl groups excluding tert-OH is 1. The van der Waals surface area contributed by atoms with Crippen molar-refractivity contribution in [2.75, 3.05) is 31.7 Å². The Bertz CT molecular complexity index is 428. The van der Waals surface area contributed by atoms with E-state index in [0.29, 0.717) is 11.8 Å². The van der Waals surface area contributed by atoms with E-state index < -0.39 is 0 Å². The molecular weight excluding hydrogens is 252 g/mol. The van der Waals surface area contributed by atoms with Crippen LogP contribution < -0.4 is 4.90 Å². The van der Waals surface area contributed by atoms with Gasteiger partial charge in [0.25, 0.3) is 0 Å². The zero-order valence-corrected chi connectivity index (χ0v) is 12.8. The summed E-state index contributed by atoms with van der Waals surface area (Å²) in [6.07, 6.45) is 2.38. The molecular formula is C16H26N2O2. The van der Waals surface area contributed by atoms with Crippen LogP contribution in [-0.2, 0) is 11.3 Å². The van der Waals surface area contributed by atoms with E-state index in [0.717, 1.165) is 43.3 Å². The molecule has 20 heavy (non-hydrogen) atoms. The second-order valence-electron chi connectivity index (χ2n) is 6.03. The molecule has 0 aromatic carbocycles. The summed E-state index contributed by atoms with van der Waals surface area (Å²) in [5, 5.41) is 9.41. The monoisotopic (exact) mass is 278 g/mol. The van der Waals surface area contributed by atoms with E-state index in [4.69, 9.17) is 9.72 Å². The van der Waals surface area contributed by atoms with Crippen LogP contribution in [0.1, 0.15) is 43.9 Å². The largest absolute Gasteiger partial charge is 0.392 e. The fourth-order valence-corrected chi connectivity index (χ4v) is 2.61. The quantitative estimate of drug-likeness (QED) is 0.899. The number of hydrogen-bond acceptors (Lipinski definition) is 4. The smallest absolute Gasteiger partial charge is 0.128 e. The zero-order chi connectivity index (χ0) is 14.5. The first kappa shape index (κ1) is 15.3. The maximum Gasteiger partial charge on any atom is 0.128 e. The van der Waals surface area contributed by atoms with Crippen molar-refractivity contribution in [1.29, 1.82) is 0 Å². The molecule has 1 unspecified atom stereocenters. The lowest BCUT2D eigenvalue weighted by Crippen LogP contribution is -2.31. The summed E-state index contributed by atoms with van der Waals surface area (Å²) in [6, 6.07) is 3.97. The van der Waals surface area contributed by atoms with Gasteiger partial charge >= 0.3 is 0 Å². The van der Waals surface area contributed by atoms with Gasteiger partial charge in [0.15, 0.2) is 0 Å². The maximum absolute atomic E-state index is 9.41. The molecule has 0 bridgehead atoms. The lowest BCUT2D eigenvalue weighted by atomic mass is 10.0. The molecule has 112 valence electrons. The molecule has 1 aliphatic heterocycles. The molecule has 1 aromatic rings. The predicted octanol–water partition coefficient (Wildman–Crippen LogP) is 2.56. The van der Waals surface area contributed by atoms with Crippen LogP contribution in [-0.4, -0.2) is 36.9 Å². The van der Waals surface area contributed by atoms with Crippen molar-refractivity contribution in [3.05, 3.63) is 23.4 Å². The molecule has 4 heteroatoms. The molecule has 1 aromatic heterocycles. The van der Waals surface area contributed by atoms with Gasteiger partial charge in [0, 0.05) is 25.9 Å². The lowest BCUT2D eigenvalue weighted by molar-refractivity contribution is 0.0576. The molecule has 1 fully saturated rings. The first-order valence-corrected chi connectivity index (χ1v) is 7.50. The second kappa shape index (κ2) is 7.04. The van der Waals surface area contributed by atoms with Gasteiger partial charge < -0.3 is 14.7 Å². The average molecular weight is 278 g/mol. The van der Waals surface area contributed by atoms with Gasteiger partial charge in [-0.1, -0.05) is 13.8 Å². The molecule has 0 aliphatic carbocycles. The minimum Gasteiger partial charge on any atom is -0.392 e. The Labute approximate surface area is 121 Å². The van der Waals surface area contributed by atoms with Crippen LogP contribution in [0.2, 0.25) is 0 Å². The molecule has 0 spiro atoms.